The first-order valence-corrected chi connectivity index (χ1v) is 42.0. The largest absolute Gasteiger partial charge is 0.311 e. The smallest absolute Gasteiger partial charge is 0.0794 e. The van der Waals surface area contributed by atoms with Crippen molar-refractivity contribution in [3.8, 4) is 67.0 Å². The Bertz CT molecular complexity index is 7380. The summed E-state index contributed by atoms with van der Waals surface area (Å²) >= 11 is 3.75. The number of hydrogen-bond acceptors (Lipinski definition) is 5. The monoisotopic (exact) mass is 1540 g/mol. The molecule has 0 bridgehead atoms. The zero-order valence-electron chi connectivity index (χ0n) is 64.3. The Balaban J connectivity index is 0.000000107. The molecule has 23 aromatic rings. The van der Waals surface area contributed by atoms with E-state index in [4.69, 9.17) is 9.97 Å². The topological polar surface area (TPSA) is 29.0 Å². The number of hydrogen-bond donors (Lipinski definition) is 0. The van der Waals surface area contributed by atoms with Crippen LogP contribution in [0.4, 0.5) is 17.1 Å². The number of fused-ring (bicyclic) bond motifs is 21. The van der Waals surface area contributed by atoms with Crippen LogP contribution in [0, 0.1) is 0 Å². The second-order valence-electron chi connectivity index (χ2n) is 30.4. The van der Waals surface area contributed by atoms with Gasteiger partial charge >= 0.3 is 0 Å². The van der Waals surface area contributed by atoms with E-state index in [-0.39, 0.29) is 0 Å². The number of nitrogens with zero attached hydrogens (tertiary/aromatic N) is 3. The molecule has 19 aromatic carbocycles. The fraction of sp³-hybridized carbons (Fsp3) is 0.00885. The average Bonchev–Trinajstić information content (AvgIpc) is 1.53. The van der Waals surface area contributed by atoms with E-state index in [9.17, 15) is 0 Å². The van der Waals surface area contributed by atoms with Crippen molar-refractivity contribution in [2.45, 2.75) is 5.41 Å². The van der Waals surface area contributed by atoms with Crippen LogP contribution in [0.3, 0.4) is 0 Å². The van der Waals surface area contributed by atoms with E-state index in [1.165, 1.54) is 161 Å². The van der Waals surface area contributed by atoms with Crippen LogP contribution in [0.2, 0.25) is 0 Å². The molecule has 0 fully saturated rings. The predicted molar refractivity (Wildman–Crippen MR) is 505 cm³/mol. The number of aromatic nitrogens is 2. The summed E-state index contributed by atoms with van der Waals surface area (Å²) in [5.74, 6) is 0. The third kappa shape index (κ3) is 12.0. The Hall–Kier alpha value is -14.7. The number of thiophene rings is 2. The molecule has 0 spiro atoms. The van der Waals surface area contributed by atoms with Crippen molar-refractivity contribution in [2.24, 2.45) is 0 Å². The molecule has 118 heavy (non-hydrogen) atoms. The van der Waals surface area contributed by atoms with E-state index in [1.807, 2.05) is 22.7 Å². The molecule has 0 aliphatic heterocycles. The third-order valence-corrected chi connectivity index (χ3v) is 26.3. The molecule has 24 rings (SSSR count). The van der Waals surface area contributed by atoms with Gasteiger partial charge in [-0.3, -0.25) is 0 Å². The van der Waals surface area contributed by atoms with Crippen LogP contribution in [-0.2, 0) is 5.41 Å². The maximum absolute atomic E-state index is 5.26. The minimum absolute atomic E-state index is 0.401. The molecule has 4 heterocycles. The molecule has 3 nitrogen and oxygen atoms in total. The van der Waals surface area contributed by atoms with Crippen molar-refractivity contribution >= 4 is 145 Å². The van der Waals surface area contributed by atoms with Gasteiger partial charge in [-0.2, -0.15) is 0 Å². The van der Waals surface area contributed by atoms with E-state index in [0.717, 1.165) is 50.6 Å². The van der Waals surface area contributed by atoms with E-state index >= 15 is 0 Å². The highest BCUT2D eigenvalue weighted by Gasteiger charge is 2.46. The number of pyridine rings is 2. The number of benzene rings is 19. The van der Waals surface area contributed by atoms with Gasteiger partial charge in [-0.25, -0.2) is 9.97 Å². The lowest BCUT2D eigenvalue weighted by Crippen LogP contribution is -2.28. The van der Waals surface area contributed by atoms with Crippen LogP contribution in [0.15, 0.2) is 443 Å². The van der Waals surface area contributed by atoms with Gasteiger partial charge in [-0.15, -0.1) is 22.7 Å². The molecule has 1 aliphatic carbocycles. The minimum Gasteiger partial charge on any atom is -0.311 e. The summed E-state index contributed by atoms with van der Waals surface area (Å²) in [5.41, 5.74) is 24.6. The SMILES string of the molecule is c1cc(-c2ccc3c4ccccc4c4ccccc4c3n2)cc(-c2cccc3c2sc2ccccc23)c1.c1cc(-c2ccc3c4ccccc4c4ccccc4c3n2)cc(-c2cccc3c2sc2ccccc23)c1.c1ccc(-c2ccc(N(c3ccccc3)c3ccc(C4(c5ccccc5)c5ccccc5-c5ccccc54)cc3)cc2)cc1. The Morgan fingerprint density at radius 3 is 0.966 bits per heavy atom. The number of rotatable bonds is 10. The molecule has 0 saturated carbocycles. The molecule has 0 atom stereocenters. The Labute approximate surface area is 692 Å². The molecule has 552 valence electrons. The second kappa shape index (κ2) is 29.6. The van der Waals surface area contributed by atoms with E-state index in [0.29, 0.717) is 0 Å². The molecule has 0 N–H and O–H groups in total. The van der Waals surface area contributed by atoms with Crippen molar-refractivity contribution < 1.29 is 0 Å². The predicted octanol–water partition coefficient (Wildman–Crippen LogP) is 31.7. The lowest BCUT2D eigenvalue weighted by atomic mass is 9.68. The van der Waals surface area contributed by atoms with Gasteiger partial charge in [0.2, 0.25) is 0 Å². The molecule has 4 aromatic heterocycles. The van der Waals surface area contributed by atoms with Crippen molar-refractivity contribution in [3.63, 3.8) is 0 Å². The Morgan fingerprint density at radius 2 is 0.500 bits per heavy atom. The number of para-hydroxylation sites is 1. The molecule has 0 saturated heterocycles. The van der Waals surface area contributed by atoms with Gasteiger partial charge in [0.25, 0.3) is 0 Å². The molecular weight excluding hydrogens is 1460 g/mol. The Morgan fingerprint density at radius 1 is 0.195 bits per heavy atom. The summed E-state index contributed by atoms with van der Waals surface area (Å²) in [6.07, 6.45) is 0. The number of anilines is 3. The van der Waals surface area contributed by atoms with Crippen molar-refractivity contribution in [3.05, 3.63) is 465 Å². The van der Waals surface area contributed by atoms with Crippen molar-refractivity contribution in [1.29, 1.82) is 0 Å². The highest BCUT2D eigenvalue weighted by Crippen LogP contribution is 2.57. The standard InChI is InChI=1S/C43H31N.2C35H21NS/c1-4-14-32(15-5-1)33-24-28-37(29-25-33)44(36-18-8-3-9-19-36)38-30-26-35(27-31-38)43(34-16-6-2-7-17-34)41-22-12-10-20-39(41)40-21-11-13-23-42(40)43;2*1-2-13-27-25(11-1)26-12-3-4-15-29(26)34-30(27)19-20-32(36-34)23-10-7-9-22(21-23)24-16-8-17-31-28-14-5-6-18-33(28)37-35(24)31/h1-31H;2*1-21H. The van der Waals surface area contributed by atoms with Gasteiger partial charge in [0.05, 0.1) is 27.8 Å². The highest BCUT2D eigenvalue weighted by molar-refractivity contribution is 7.26. The zero-order valence-corrected chi connectivity index (χ0v) is 65.9. The molecular formula is C113H73N3S2. The highest BCUT2D eigenvalue weighted by atomic mass is 32.1. The molecule has 0 amide bonds. The third-order valence-electron chi connectivity index (χ3n) is 23.9. The summed E-state index contributed by atoms with van der Waals surface area (Å²) in [5, 5.41) is 17.7. The summed E-state index contributed by atoms with van der Waals surface area (Å²) in [6, 6.07) is 160. The summed E-state index contributed by atoms with van der Waals surface area (Å²) in [6.45, 7) is 0. The van der Waals surface area contributed by atoms with Crippen molar-refractivity contribution in [2.75, 3.05) is 4.90 Å². The lowest BCUT2D eigenvalue weighted by Gasteiger charge is -2.34. The van der Waals surface area contributed by atoms with Gasteiger partial charge in [0, 0.05) is 90.1 Å². The molecule has 5 heteroatoms. The average molecular weight is 1540 g/mol. The quantitative estimate of drug-likeness (QED) is 0.128. The fourth-order valence-corrected chi connectivity index (χ4v) is 21.0. The van der Waals surface area contributed by atoms with Gasteiger partial charge in [0.15, 0.2) is 0 Å². The van der Waals surface area contributed by atoms with Gasteiger partial charge in [-0.1, -0.05) is 358 Å². The van der Waals surface area contributed by atoms with Crippen LogP contribution >= 0.6 is 22.7 Å². The maximum Gasteiger partial charge on any atom is 0.0794 e. The van der Waals surface area contributed by atoms with Crippen LogP contribution < -0.4 is 4.90 Å². The minimum atomic E-state index is -0.401. The molecule has 0 unspecified atom stereocenters. The fourth-order valence-electron chi connectivity index (χ4n) is 18.5. The van der Waals surface area contributed by atoms with E-state index < -0.39 is 5.41 Å². The zero-order chi connectivity index (χ0) is 78.0. The molecule has 1 aliphatic rings. The van der Waals surface area contributed by atoms with Crippen LogP contribution in [0.25, 0.3) is 172 Å². The second-order valence-corrected chi connectivity index (χ2v) is 32.5. The van der Waals surface area contributed by atoms with Gasteiger partial charge < -0.3 is 4.90 Å². The first-order chi connectivity index (χ1) is 58.5. The summed E-state index contributed by atoms with van der Waals surface area (Å²) < 4.78 is 5.34. The first-order valence-electron chi connectivity index (χ1n) is 40.3. The maximum atomic E-state index is 5.26. The van der Waals surface area contributed by atoms with Gasteiger partial charge in [0.1, 0.15) is 0 Å². The van der Waals surface area contributed by atoms with Gasteiger partial charge in [-0.05, 0) is 184 Å². The first kappa shape index (κ1) is 70.0. The summed E-state index contributed by atoms with van der Waals surface area (Å²) in [7, 11) is 0. The van der Waals surface area contributed by atoms with Crippen molar-refractivity contribution in [1.82, 2.24) is 9.97 Å². The molecule has 0 radical (unpaired) electrons. The van der Waals surface area contributed by atoms with E-state index in [2.05, 4.69) is 448 Å². The van der Waals surface area contributed by atoms with Crippen LogP contribution in [0.1, 0.15) is 22.3 Å². The normalized spacial score (nSPS) is 12.1. The summed E-state index contributed by atoms with van der Waals surface area (Å²) in [4.78, 5) is 12.9. The lowest BCUT2D eigenvalue weighted by molar-refractivity contribution is 0.768. The van der Waals surface area contributed by atoms with E-state index in [1.54, 1.807) is 0 Å². The van der Waals surface area contributed by atoms with Crippen LogP contribution in [0.5, 0.6) is 0 Å². The Kier molecular flexibility index (Phi) is 17.5. The van der Waals surface area contributed by atoms with Crippen LogP contribution in [-0.4, -0.2) is 9.97 Å².